The van der Waals surface area contributed by atoms with E-state index >= 15 is 0 Å². The molecule has 4 atom stereocenters. The average molecular weight is 469 g/mol. The van der Waals surface area contributed by atoms with Crippen LogP contribution in [0.2, 0.25) is 0 Å². The van der Waals surface area contributed by atoms with Crippen molar-refractivity contribution in [2.24, 2.45) is 0 Å². The second-order valence-corrected chi connectivity index (χ2v) is 8.76. The number of nitrogens with zero attached hydrogens (tertiary/aromatic N) is 1. The van der Waals surface area contributed by atoms with Gasteiger partial charge in [0.1, 0.15) is 24.1 Å². The van der Waals surface area contributed by atoms with E-state index in [2.05, 4.69) is 11.9 Å². The number of carbonyl (C=O) groups is 1. The maximum absolute atomic E-state index is 13.0. The van der Waals surface area contributed by atoms with Crippen molar-refractivity contribution >= 4 is 11.7 Å². The van der Waals surface area contributed by atoms with E-state index < -0.39 is 30.4 Å². The van der Waals surface area contributed by atoms with Crippen molar-refractivity contribution in [3.05, 3.63) is 72.8 Å². The van der Waals surface area contributed by atoms with Crippen LogP contribution in [0.5, 0.6) is 5.75 Å². The Morgan fingerprint density at radius 1 is 1.18 bits per heavy atom. The zero-order chi connectivity index (χ0) is 24.1. The van der Waals surface area contributed by atoms with E-state index in [9.17, 15) is 4.79 Å². The average Bonchev–Trinajstić information content (AvgIpc) is 3.29. The van der Waals surface area contributed by atoms with Crippen molar-refractivity contribution in [1.82, 2.24) is 4.90 Å². The van der Waals surface area contributed by atoms with Gasteiger partial charge in [-0.25, -0.2) is 4.79 Å². The maximum atomic E-state index is 13.0. The van der Waals surface area contributed by atoms with Crippen molar-refractivity contribution in [3.63, 3.8) is 0 Å². The predicted octanol–water partition coefficient (Wildman–Crippen LogP) is 4.18. The summed E-state index contributed by atoms with van der Waals surface area (Å²) < 4.78 is 29.9. The normalized spacial score (nSPS) is 24.9. The molecule has 2 aromatic rings. The quantitative estimate of drug-likeness (QED) is 0.557. The number of nitrogens with one attached hydrogen (secondary N) is 1. The van der Waals surface area contributed by atoms with Gasteiger partial charge >= 0.3 is 6.03 Å². The SMILES string of the molecule is C=CCN(C[C@H]1O[C@@H]2OC(C)(C)O[C@@H]2[C@H]1OCc1cccc(OC)c1)C(=O)Nc1ccccc1. The molecule has 0 aromatic heterocycles. The van der Waals surface area contributed by atoms with Crippen LogP contribution >= 0.6 is 0 Å². The zero-order valence-corrected chi connectivity index (χ0v) is 19.8. The van der Waals surface area contributed by atoms with Gasteiger partial charge in [0.05, 0.1) is 20.3 Å². The molecule has 0 spiro atoms. The Morgan fingerprint density at radius 3 is 2.71 bits per heavy atom. The van der Waals surface area contributed by atoms with Gasteiger partial charge in [-0.15, -0.1) is 6.58 Å². The molecule has 2 aliphatic heterocycles. The van der Waals surface area contributed by atoms with E-state index in [0.717, 1.165) is 11.3 Å². The number of fused-ring (bicyclic) bond motifs is 1. The van der Waals surface area contributed by atoms with Crippen molar-refractivity contribution < 1.29 is 28.5 Å². The summed E-state index contributed by atoms with van der Waals surface area (Å²) >= 11 is 0. The fourth-order valence-corrected chi connectivity index (χ4v) is 4.19. The van der Waals surface area contributed by atoms with E-state index in [1.807, 2.05) is 68.4 Å². The Balaban J connectivity index is 1.48. The Hall–Kier alpha value is -2.91. The summed E-state index contributed by atoms with van der Waals surface area (Å²) in [5.41, 5.74) is 1.68. The molecule has 8 nitrogen and oxygen atoms in total. The highest BCUT2D eigenvalue weighted by atomic mass is 16.8. The van der Waals surface area contributed by atoms with Crippen LogP contribution in [0.25, 0.3) is 0 Å². The molecule has 8 heteroatoms. The van der Waals surface area contributed by atoms with Gasteiger partial charge in [-0.3, -0.25) is 0 Å². The third-order valence-electron chi connectivity index (χ3n) is 5.73. The van der Waals surface area contributed by atoms with Crippen LogP contribution < -0.4 is 10.1 Å². The van der Waals surface area contributed by atoms with Crippen LogP contribution in [0, 0.1) is 0 Å². The molecule has 0 unspecified atom stereocenters. The summed E-state index contributed by atoms with van der Waals surface area (Å²) in [5, 5.41) is 2.92. The number of anilines is 1. The molecule has 1 N–H and O–H groups in total. The minimum Gasteiger partial charge on any atom is -0.497 e. The smallest absolute Gasteiger partial charge is 0.322 e. The van der Waals surface area contributed by atoms with Crippen LogP contribution in [-0.4, -0.2) is 61.5 Å². The van der Waals surface area contributed by atoms with Crippen LogP contribution in [0.15, 0.2) is 67.3 Å². The van der Waals surface area contributed by atoms with Crippen molar-refractivity contribution in [2.75, 3.05) is 25.5 Å². The number of benzene rings is 2. The number of urea groups is 1. The van der Waals surface area contributed by atoms with Crippen LogP contribution in [0.1, 0.15) is 19.4 Å². The summed E-state index contributed by atoms with van der Waals surface area (Å²) in [6.07, 6.45) is -0.179. The fraction of sp³-hybridized carbons (Fsp3) is 0.423. The van der Waals surface area contributed by atoms with E-state index in [0.29, 0.717) is 18.8 Å². The highest BCUT2D eigenvalue weighted by molar-refractivity contribution is 5.89. The molecule has 182 valence electrons. The highest BCUT2D eigenvalue weighted by Gasteiger charge is 2.55. The maximum Gasteiger partial charge on any atom is 0.322 e. The molecular formula is C26H32N2O6. The summed E-state index contributed by atoms with van der Waals surface area (Å²) in [7, 11) is 1.63. The minimum absolute atomic E-state index is 0.250. The number of carbonyl (C=O) groups excluding carboxylic acids is 1. The Kier molecular flexibility index (Phi) is 7.53. The van der Waals surface area contributed by atoms with Gasteiger partial charge in [0.2, 0.25) is 0 Å². The lowest BCUT2D eigenvalue weighted by Crippen LogP contribution is -2.46. The van der Waals surface area contributed by atoms with Crippen LogP contribution in [0.3, 0.4) is 0 Å². The monoisotopic (exact) mass is 468 g/mol. The molecule has 2 saturated heterocycles. The molecule has 2 aromatic carbocycles. The lowest BCUT2D eigenvalue weighted by atomic mass is 10.1. The van der Waals surface area contributed by atoms with E-state index in [4.69, 9.17) is 23.7 Å². The summed E-state index contributed by atoms with van der Waals surface area (Å²) in [4.78, 5) is 14.6. The van der Waals surface area contributed by atoms with Gasteiger partial charge < -0.3 is 33.9 Å². The highest BCUT2D eigenvalue weighted by Crippen LogP contribution is 2.39. The number of rotatable bonds is 9. The number of amides is 2. The third-order valence-corrected chi connectivity index (χ3v) is 5.73. The van der Waals surface area contributed by atoms with Gasteiger partial charge in [0.15, 0.2) is 12.1 Å². The van der Waals surface area contributed by atoms with Gasteiger partial charge in [0, 0.05) is 12.2 Å². The van der Waals surface area contributed by atoms with E-state index in [1.165, 1.54) is 0 Å². The molecule has 4 rings (SSSR count). The number of para-hydroxylation sites is 1. The van der Waals surface area contributed by atoms with E-state index in [-0.39, 0.29) is 12.6 Å². The first-order valence-corrected chi connectivity index (χ1v) is 11.4. The molecule has 2 amide bonds. The van der Waals surface area contributed by atoms with Gasteiger partial charge in [-0.2, -0.15) is 0 Å². The number of hydrogen-bond donors (Lipinski definition) is 1. The van der Waals surface area contributed by atoms with Gasteiger partial charge in [-0.1, -0.05) is 36.4 Å². The largest absolute Gasteiger partial charge is 0.497 e. The number of methoxy groups -OCH3 is 1. The molecule has 0 radical (unpaired) electrons. The summed E-state index contributed by atoms with van der Waals surface area (Å²) in [6.45, 7) is 8.47. The fourth-order valence-electron chi connectivity index (χ4n) is 4.19. The Bertz CT molecular complexity index is 982. The van der Waals surface area contributed by atoms with Crippen molar-refractivity contribution in [1.29, 1.82) is 0 Å². The summed E-state index contributed by atoms with van der Waals surface area (Å²) in [6, 6.07) is 16.8. The topological polar surface area (TPSA) is 78.5 Å². The second kappa shape index (κ2) is 10.6. The van der Waals surface area contributed by atoms with Gasteiger partial charge in [-0.05, 0) is 43.7 Å². The standard InChI is InChI=1S/C26H32N2O6/c1-5-14-28(25(29)27-19-11-7-6-8-12-19)16-21-22(23-24(32-21)34-26(2,3)33-23)31-17-18-10-9-13-20(15-18)30-4/h5-13,15,21-24H,1,14,16-17H2,2-4H3,(H,27,29)/t21-,22+,23-,24-/m1/s1. The molecule has 0 aliphatic carbocycles. The third kappa shape index (κ3) is 5.77. The predicted molar refractivity (Wildman–Crippen MR) is 127 cm³/mol. The van der Waals surface area contributed by atoms with Crippen molar-refractivity contribution in [2.45, 2.75) is 50.8 Å². The second-order valence-electron chi connectivity index (χ2n) is 8.76. The lowest BCUT2D eigenvalue weighted by Gasteiger charge is -2.30. The van der Waals surface area contributed by atoms with Crippen LogP contribution in [0.4, 0.5) is 10.5 Å². The number of hydrogen-bond acceptors (Lipinski definition) is 6. The first kappa shape index (κ1) is 24.2. The molecular weight excluding hydrogens is 436 g/mol. The first-order chi connectivity index (χ1) is 16.4. The zero-order valence-electron chi connectivity index (χ0n) is 19.8. The Labute approximate surface area is 200 Å². The molecule has 34 heavy (non-hydrogen) atoms. The first-order valence-electron chi connectivity index (χ1n) is 11.4. The van der Waals surface area contributed by atoms with Gasteiger partial charge in [0.25, 0.3) is 0 Å². The van der Waals surface area contributed by atoms with Crippen molar-refractivity contribution in [3.8, 4) is 5.75 Å². The minimum atomic E-state index is -0.774. The lowest BCUT2D eigenvalue weighted by molar-refractivity contribution is -0.219. The van der Waals surface area contributed by atoms with E-state index in [1.54, 1.807) is 18.1 Å². The molecule has 0 bridgehead atoms. The van der Waals surface area contributed by atoms with Crippen LogP contribution in [-0.2, 0) is 25.6 Å². The molecule has 2 aliphatic rings. The molecule has 2 heterocycles. The Morgan fingerprint density at radius 2 is 1.97 bits per heavy atom. The summed E-state index contributed by atoms with van der Waals surface area (Å²) in [5.74, 6) is -0.0156. The molecule has 0 saturated carbocycles. The molecule has 2 fully saturated rings. The number of ether oxygens (including phenoxy) is 5.